The summed E-state index contributed by atoms with van der Waals surface area (Å²) in [5.41, 5.74) is 1.56. The molecule has 1 aromatic heterocycles. The molecule has 0 radical (unpaired) electrons. The van der Waals surface area contributed by atoms with Gasteiger partial charge in [-0.1, -0.05) is 24.3 Å². The van der Waals surface area contributed by atoms with E-state index in [1.54, 1.807) is 6.07 Å². The highest BCUT2D eigenvalue weighted by molar-refractivity contribution is 5.97. The van der Waals surface area contributed by atoms with Crippen molar-refractivity contribution in [2.45, 2.75) is 18.9 Å². The number of rotatable bonds is 3. The second kappa shape index (κ2) is 6.99. The van der Waals surface area contributed by atoms with Gasteiger partial charge in [0.2, 0.25) is 6.10 Å². The minimum absolute atomic E-state index is 0.156. The van der Waals surface area contributed by atoms with Crippen molar-refractivity contribution in [2.24, 2.45) is 0 Å². The third-order valence-electron chi connectivity index (χ3n) is 5.00. The molecule has 3 heterocycles. The highest BCUT2D eigenvalue weighted by Gasteiger charge is 2.29. The summed E-state index contributed by atoms with van der Waals surface area (Å²) in [6.07, 6.45) is 1.48. The Morgan fingerprint density at radius 2 is 1.64 bits per heavy atom. The molecule has 28 heavy (non-hydrogen) atoms. The summed E-state index contributed by atoms with van der Waals surface area (Å²) in [6.45, 7) is 1.97. The van der Waals surface area contributed by atoms with Crippen LogP contribution >= 0.6 is 0 Å². The number of fused-ring (bicyclic) bond motifs is 2. The molecule has 1 saturated heterocycles. The molecule has 5 rings (SSSR count). The normalized spacial score (nSPS) is 18.3. The molecule has 0 spiro atoms. The van der Waals surface area contributed by atoms with Crippen molar-refractivity contribution in [3.63, 3.8) is 0 Å². The van der Waals surface area contributed by atoms with Gasteiger partial charge in [0.25, 0.3) is 5.91 Å². The lowest BCUT2D eigenvalue weighted by molar-refractivity contribution is -0.125. The number of carbonyl (C=O) groups is 1. The van der Waals surface area contributed by atoms with Gasteiger partial charge < -0.3 is 19.7 Å². The first kappa shape index (κ1) is 16.8. The van der Waals surface area contributed by atoms with Crippen LogP contribution in [0, 0.1) is 0 Å². The minimum Gasteiger partial charge on any atom is -0.485 e. The van der Waals surface area contributed by atoms with Crippen LogP contribution in [0.2, 0.25) is 0 Å². The Morgan fingerprint density at radius 1 is 0.964 bits per heavy atom. The van der Waals surface area contributed by atoms with E-state index in [0.717, 1.165) is 37.0 Å². The topological polar surface area (TPSA) is 76.6 Å². The summed E-state index contributed by atoms with van der Waals surface area (Å²) in [7, 11) is 0. The highest BCUT2D eigenvalue weighted by Crippen LogP contribution is 2.32. The molecule has 1 unspecified atom stereocenters. The molecule has 1 fully saturated rings. The molecule has 1 N–H and O–H groups in total. The van der Waals surface area contributed by atoms with Gasteiger partial charge in [-0.25, -0.2) is 9.97 Å². The number of amides is 1. The van der Waals surface area contributed by atoms with Gasteiger partial charge in [0.1, 0.15) is 6.61 Å². The number of aromatic nitrogens is 2. The summed E-state index contributed by atoms with van der Waals surface area (Å²) in [5.74, 6) is 2.10. The van der Waals surface area contributed by atoms with Crippen LogP contribution in [0.15, 0.2) is 48.5 Å². The van der Waals surface area contributed by atoms with Crippen LogP contribution in [0.4, 0.5) is 11.6 Å². The molecule has 2 aliphatic rings. The molecule has 0 saturated carbocycles. The van der Waals surface area contributed by atoms with Gasteiger partial charge in [-0.2, -0.15) is 0 Å². The first-order chi connectivity index (χ1) is 13.8. The fourth-order valence-corrected chi connectivity index (χ4v) is 3.57. The van der Waals surface area contributed by atoms with Crippen LogP contribution < -0.4 is 19.7 Å². The van der Waals surface area contributed by atoms with Crippen molar-refractivity contribution < 1.29 is 14.3 Å². The van der Waals surface area contributed by atoms with Crippen LogP contribution in [0.1, 0.15) is 12.8 Å². The zero-order valence-corrected chi connectivity index (χ0v) is 15.3. The van der Waals surface area contributed by atoms with Crippen LogP contribution in [-0.2, 0) is 4.79 Å². The number of hydrogen-bond acceptors (Lipinski definition) is 6. The van der Waals surface area contributed by atoms with Crippen molar-refractivity contribution in [1.29, 1.82) is 0 Å². The van der Waals surface area contributed by atoms with Gasteiger partial charge in [0.15, 0.2) is 23.1 Å². The van der Waals surface area contributed by atoms with Gasteiger partial charge in [-0.15, -0.1) is 0 Å². The zero-order valence-electron chi connectivity index (χ0n) is 15.3. The van der Waals surface area contributed by atoms with Gasteiger partial charge in [0, 0.05) is 13.1 Å². The number of hydrogen-bond donors (Lipinski definition) is 1. The van der Waals surface area contributed by atoms with Gasteiger partial charge in [0.05, 0.1) is 11.0 Å². The predicted molar refractivity (Wildman–Crippen MR) is 106 cm³/mol. The molecule has 1 amide bonds. The fourth-order valence-electron chi connectivity index (χ4n) is 3.57. The monoisotopic (exact) mass is 376 g/mol. The minimum atomic E-state index is -0.741. The highest BCUT2D eigenvalue weighted by atomic mass is 16.6. The molecule has 7 nitrogen and oxygen atoms in total. The Labute approximate surface area is 162 Å². The number of benzene rings is 2. The third kappa shape index (κ3) is 3.09. The van der Waals surface area contributed by atoms with E-state index >= 15 is 0 Å². The maximum Gasteiger partial charge on any atom is 0.270 e. The van der Waals surface area contributed by atoms with E-state index in [2.05, 4.69) is 15.2 Å². The van der Waals surface area contributed by atoms with Gasteiger partial charge in [-0.05, 0) is 37.1 Å². The largest absolute Gasteiger partial charge is 0.485 e. The first-order valence-corrected chi connectivity index (χ1v) is 9.49. The SMILES string of the molecule is O=C(Nc1nc2ccccc2nc1N1CCCC1)C1COc2ccccc2O1. The van der Waals surface area contributed by atoms with Gasteiger partial charge in [-0.3, -0.25) is 4.79 Å². The number of anilines is 2. The average molecular weight is 376 g/mol. The number of carbonyl (C=O) groups excluding carboxylic acids is 1. The molecule has 0 aliphatic carbocycles. The van der Waals surface area contributed by atoms with E-state index in [1.807, 2.05) is 42.5 Å². The van der Waals surface area contributed by atoms with E-state index in [-0.39, 0.29) is 12.5 Å². The van der Waals surface area contributed by atoms with E-state index in [9.17, 15) is 4.79 Å². The quantitative estimate of drug-likeness (QED) is 0.757. The lowest BCUT2D eigenvalue weighted by atomic mass is 10.2. The summed E-state index contributed by atoms with van der Waals surface area (Å²) in [4.78, 5) is 24.5. The van der Waals surface area contributed by atoms with Gasteiger partial charge >= 0.3 is 0 Å². The van der Waals surface area contributed by atoms with Crippen LogP contribution in [-0.4, -0.2) is 41.7 Å². The van der Waals surface area contributed by atoms with E-state index in [4.69, 9.17) is 14.5 Å². The lowest BCUT2D eigenvalue weighted by Crippen LogP contribution is -2.40. The Hall–Kier alpha value is -3.35. The molecular weight excluding hydrogens is 356 g/mol. The summed E-state index contributed by atoms with van der Waals surface area (Å²) in [6, 6.07) is 15.0. The molecule has 2 aromatic carbocycles. The molecule has 1 atom stereocenters. The predicted octanol–water partition coefficient (Wildman–Crippen LogP) is 3.01. The fraction of sp³-hybridized carbons (Fsp3) is 0.286. The molecule has 2 aliphatic heterocycles. The van der Waals surface area contributed by atoms with E-state index < -0.39 is 6.10 Å². The van der Waals surface area contributed by atoms with Crippen LogP contribution in [0.25, 0.3) is 11.0 Å². The van der Waals surface area contributed by atoms with E-state index in [1.165, 1.54) is 0 Å². The molecule has 3 aromatic rings. The Kier molecular flexibility index (Phi) is 4.20. The second-order valence-corrected chi connectivity index (χ2v) is 6.93. The first-order valence-electron chi connectivity index (χ1n) is 9.49. The Morgan fingerprint density at radius 3 is 2.43 bits per heavy atom. The number of para-hydroxylation sites is 4. The summed E-state index contributed by atoms with van der Waals surface area (Å²) >= 11 is 0. The summed E-state index contributed by atoms with van der Waals surface area (Å²) < 4.78 is 11.5. The van der Waals surface area contributed by atoms with Crippen LogP contribution in [0.3, 0.4) is 0 Å². The molecular formula is C21H20N4O3. The van der Waals surface area contributed by atoms with Crippen molar-refractivity contribution in [2.75, 3.05) is 29.9 Å². The maximum atomic E-state index is 12.9. The molecule has 7 heteroatoms. The lowest BCUT2D eigenvalue weighted by Gasteiger charge is -2.26. The van der Waals surface area contributed by atoms with Crippen molar-refractivity contribution >= 4 is 28.6 Å². The summed E-state index contributed by atoms with van der Waals surface area (Å²) in [5, 5.41) is 2.92. The Bertz CT molecular complexity index is 1030. The standard InChI is InChI=1S/C21H20N4O3/c26-21(18-13-27-16-9-3-4-10-17(16)28-18)24-19-20(25-11-5-6-12-25)23-15-8-2-1-7-14(15)22-19/h1-4,7-10,18H,5-6,11-13H2,(H,22,24,26). The third-order valence-corrected chi connectivity index (χ3v) is 5.00. The second-order valence-electron chi connectivity index (χ2n) is 6.93. The number of nitrogens with one attached hydrogen (secondary N) is 1. The number of ether oxygens (including phenoxy) is 2. The van der Waals surface area contributed by atoms with Crippen molar-refractivity contribution in [3.8, 4) is 11.5 Å². The Balaban J connectivity index is 1.44. The smallest absolute Gasteiger partial charge is 0.270 e. The molecule has 0 bridgehead atoms. The zero-order chi connectivity index (χ0) is 18.9. The number of nitrogens with zero attached hydrogens (tertiary/aromatic N) is 3. The molecule has 142 valence electrons. The van der Waals surface area contributed by atoms with E-state index in [0.29, 0.717) is 23.1 Å². The average Bonchev–Trinajstić information content (AvgIpc) is 3.27. The van der Waals surface area contributed by atoms with Crippen molar-refractivity contribution in [3.05, 3.63) is 48.5 Å². The maximum absolute atomic E-state index is 12.9. The van der Waals surface area contributed by atoms with Crippen molar-refractivity contribution in [1.82, 2.24) is 9.97 Å². The van der Waals surface area contributed by atoms with Crippen LogP contribution in [0.5, 0.6) is 11.5 Å².